The topological polar surface area (TPSA) is 51.2 Å². The van der Waals surface area contributed by atoms with Gasteiger partial charge in [-0.15, -0.1) is 0 Å². The summed E-state index contributed by atoms with van der Waals surface area (Å²) >= 11 is 5.88. The van der Waals surface area contributed by atoms with E-state index in [1.165, 1.54) is 0 Å². The molecule has 0 spiro atoms. The average Bonchev–Trinajstić information content (AvgIpc) is 2.28. The number of hydrogen-bond donors (Lipinski definition) is 1. The molecule has 17 heavy (non-hydrogen) atoms. The lowest BCUT2D eigenvalue weighted by molar-refractivity contribution is 0.0937. The monoisotopic (exact) mass is 256 g/mol. The normalized spacial score (nSPS) is 10.6. The van der Waals surface area contributed by atoms with E-state index >= 15 is 0 Å². The minimum atomic E-state index is -0.159. The van der Waals surface area contributed by atoms with E-state index < -0.39 is 0 Å². The summed E-state index contributed by atoms with van der Waals surface area (Å²) in [4.78, 5) is 16.0. The fraction of sp³-hybridized carbons (Fsp3) is 0.500. The minimum absolute atomic E-state index is 0.159. The minimum Gasteiger partial charge on any atom is -0.383 e. The van der Waals surface area contributed by atoms with Gasteiger partial charge in [-0.25, -0.2) is 4.98 Å². The largest absolute Gasteiger partial charge is 0.383 e. The van der Waals surface area contributed by atoms with E-state index in [-0.39, 0.29) is 11.8 Å². The Bertz CT molecular complexity index is 394. The Morgan fingerprint density at radius 3 is 2.82 bits per heavy atom. The quantitative estimate of drug-likeness (QED) is 0.649. The average molecular weight is 257 g/mol. The van der Waals surface area contributed by atoms with Crippen LogP contribution in [-0.2, 0) is 4.74 Å². The molecule has 0 saturated carbocycles. The van der Waals surface area contributed by atoms with Crippen molar-refractivity contribution in [3.63, 3.8) is 0 Å². The zero-order valence-electron chi connectivity index (χ0n) is 10.3. The number of aromatic nitrogens is 1. The molecule has 4 nitrogen and oxygen atoms in total. The molecule has 94 valence electrons. The summed E-state index contributed by atoms with van der Waals surface area (Å²) in [5.41, 5.74) is 1.35. The highest BCUT2D eigenvalue weighted by Gasteiger charge is 2.10. The van der Waals surface area contributed by atoms with Gasteiger partial charge in [0.2, 0.25) is 0 Å². The molecule has 0 bridgehead atoms. The van der Waals surface area contributed by atoms with Crippen LogP contribution >= 0.6 is 11.6 Å². The first kappa shape index (κ1) is 13.9. The van der Waals surface area contributed by atoms with Crippen LogP contribution in [0.5, 0.6) is 0 Å². The number of carbonyl (C=O) groups excluding carboxylic acids is 1. The summed E-state index contributed by atoms with van der Waals surface area (Å²) in [6.45, 7) is 4.98. The number of amides is 1. The highest BCUT2D eigenvalue weighted by molar-refractivity contribution is 6.29. The lowest BCUT2D eigenvalue weighted by Crippen LogP contribution is -2.27. The van der Waals surface area contributed by atoms with Crippen molar-refractivity contribution in [2.75, 3.05) is 20.3 Å². The van der Waals surface area contributed by atoms with E-state index in [0.29, 0.717) is 23.9 Å². The molecular formula is C12H17ClN2O2. The van der Waals surface area contributed by atoms with E-state index in [1.807, 2.05) is 13.8 Å². The van der Waals surface area contributed by atoms with E-state index in [9.17, 15) is 4.79 Å². The van der Waals surface area contributed by atoms with Crippen LogP contribution in [0.1, 0.15) is 35.8 Å². The highest BCUT2D eigenvalue weighted by atomic mass is 35.5. The van der Waals surface area contributed by atoms with Gasteiger partial charge in [-0.05, 0) is 18.1 Å². The van der Waals surface area contributed by atoms with Gasteiger partial charge < -0.3 is 10.1 Å². The molecule has 1 rings (SSSR count). The number of nitrogens with zero attached hydrogens (tertiary/aromatic N) is 1. The number of rotatable bonds is 5. The Balaban J connectivity index is 2.79. The van der Waals surface area contributed by atoms with Crippen molar-refractivity contribution in [3.8, 4) is 0 Å². The van der Waals surface area contributed by atoms with Gasteiger partial charge in [-0.1, -0.05) is 25.4 Å². The third-order valence-electron chi connectivity index (χ3n) is 2.26. The first-order valence-corrected chi connectivity index (χ1v) is 5.87. The first-order chi connectivity index (χ1) is 8.04. The smallest absolute Gasteiger partial charge is 0.251 e. The van der Waals surface area contributed by atoms with Crippen LogP contribution in [0.3, 0.4) is 0 Å². The van der Waals surface area contributed by atoms with Crippen molar-refractivity contribution in [1.82, 2.24) is 10.3 Å². The van der Waals surface area contributed by atoms with Crippen LogP contribution in [-0.4, -0.2) is 31.2 Å². The number of carbonyl (C=O) groups is 1. The van der Waals surface area contributed by atoms with Crippen molar-refractivity contribution < 1.29 is 9.53 Å². The molecule has 0 saturated heterocycles. The molecule has 1 amide bonds. The molecule has 0 unspecified atom stereocenters. The molecule has 1 N–H and O–H groups in total. The summed E-state index contributed by atoms with van der Waals surface area (Å²) in [6.07, 6.45) is 0. The zero-order valence-corrected chi connectivity index (χ0v) is 11.0. The fourth-order valence-corrected chi connectivity index (χ4v) is 1.53. The first-order valence-electron chi connectivity index (χ1n) is 5.49. The van der Waals surface area contributed by atoms with Gasteiger partial charge in [0.1, 0.15) is 5.15 Å². The Hall–Kier alpha value is -1.13. The van der Waals surface area contributed by atoms with Gasteiger partial charge in [0.25, 0.3) is 5.91 Å². The maximum atomic E-state index is 11.8. The van der Waals surface area contributed by atoms with Crippen molar-refractivity contribution in [2.45, 2.75) is 19.8 Å². The maximum absolute atomic E-state index is 11.8. The van der Waals surface area contributed by atoms with Gasteiger partial charge in [-0.2, -0.15) is 0 Å². The molecule has 0 aromatic carbocycles. The molecule has 0 aliphatic rings. The molecule has 0 aliphatic carbocycles. The molecule has 0 aliphatic heterocycles. The third-order valence-corrected chi connectivity index (χ3v) is 2.45. The molecule has 1 aromatic rings. The molecule has 0 radical (unpaired) electrons. The van der Waals surface area contributed by atoms with Crippen LogP contribution in [0.4, 0.5) is 0 Å². The fourth-order valence-electron chi connectivity index (χ4n) is 1.31. The standard InChI is InChI=1S/C12H17ClN2O2/c1-8(2)10-6-9(7-11(13)15-10)12(16)14-4-5-17-3/h6-8H,4-5H2,1-3H3,(H,14,16). The van der Waals surface area contributed by atoms with Crippen LogP contribution in [0.25, 0.3) is 0 Å². The van der Waals surface area contributed by atoms with Crippen LogP contribution in [0.2, 0.25) is 5.15 Å². The number of hydrogen-bond acceptors (Lipinski definition) is 3. The van der Waals surface area contributed by atoms with Crippen LogP contribution < -0.4 is 5.32 Å². The van der Waals surface area contributed by atoms with E-state index in [1.54, 1.807) is 19.2 Å². The van der Waals surface area contributed by atoms with Crippen molar-refractivity contribution in [1.29, 1.82) is 0 Å². The maximum Gasteiger partial charge on any atom is 0.251 e. The number of halogens is 1. The van der Waals surface area contributed by atoms with Gasteiger partial charge in [0, 0.05) is 24.9 Å². The second-order valence-corrected chi connectivity index (χ2v) is 4.39. The van der Waals surface area contributed by atoms with Crippen molar-refractivity contribution in [2.24, 2.45) is 0 Å². The zero-order chi connectivity index (χ0) is 12.8. The number of pyridine rings is 1. The highest BCUT2D eigenvalue weighted by Crippen LogP contribution is 2.17. The summed E-state index contributed by atoms with van der Waals surface area (Å²) in [6, 6.07) is 3.33. The molecule has 1 aromatic heterocycles. The molecule has 0 atom stereocenters. The second kappa shape index (κ2) is 6.57. The number of ether oxygens (including phenoxy) is 1. The lowest BCUT2D eigenvalue weighted by atomic mass is 10.1. The van der Waals surface area contributed by atoms with Crippen molar-refractivity contribution in [3.05, 3.63) is 28.5 Å². The van der Waals surface area contributed by atoms with E-state index in [4.69, 9.17) is 16.3 Å². The second-order valence-electron chi connectivity index (χ2n) is 4.01. The number of nitrogens with one attached hydrogen (secondary N) is 1. The Morgan fingerprint density at radius 1 is 1.53 bits per heavy atom. The summed E-state index contributed by atoms with van der Waals surface area (Å²) in [7, 11) is 1.59. The van der Waals surface area contributed by atoms with Gasteiger partial charge in [0.15, 0.2) is 0 Å². The summed E-state index contributed by atoms with van der Waals surface area (Å²) in [5, 5.41) is 3.08. The van der Waals surface area contributed by atoms with Crippen LogP contribution in [0, 0.1) is 0 Å². The Morgan fingerprint density at radius 2 is 2.24 bits per heavy atom. The van der Waals surface area contributed by atoms with Gasteiger partial charge in [-0.3, -0.25) is 4.79 Å². The summed E-state index contributed by atoms with van der Waals surface area (Å²) in [5.74, 6) is 0.0764. The Labute approximate surface area is 106 Å². The van der Waals surface area contributed by atoms with Gasteiger partial charge >= 0.3 is 0 Å². The molecule has 1 heterocycles. The number of methoxy groups -OCH3 is 1. The molecule has 0 fully saturated rings. The molecule has 5 heteroatoms. The SMILES string of the molecule is COCCNC(=O)c1cc(Cl)nc(C(C)C)c1. The molecular weight excluding hydrogens is 240 g/mol. The predicted molar refractivity (Wildman–Crippen MR) is 67.5 cm³/mol. The Kier molecular flexibility index (Phi) is 5.38. The summed E-state index contributed by atoms with van der Waals surface area (Å²) < 4.78 is 4.86. The van der Waals surface area contributed by atoms with E-state index in [0.717, 1.165) is 5.69 Å². The van der Waals surface area contributed by atoms with Crippen molar-refractivity contribution >= 4 is 17.5 Å². The van der Waals surface area contributed by atoms with Crippen LogP contribution in [0.15, 0.2) is 12.1 Å². The third kappa shape index (κ3) is 4.32. The predicted octanol–water partition coefficient (Wildman–Crippen LogP) is 2.23. The van der Waals surface area contributed by atoms with Gasteiger partial charge in [0.05, 0.1) is 6.61 Å². The van der Waals surface area contributed by atoms with E-state index in [2.05, 4.69) is 10.3 Å². The lowest BCUT2D eigenvalue weighted by Gasteiger charge is -2.09.